The fourth-order valence-corrected chi connectivity index (χ4v) is 2.70. The molecule has 82 valence electrons. The third-order valence-corrected chi connectivity index (χ3v) is 3.95. The number of nitrogens with zero attached hydrogens (tertiary/aromatic N) is 1. The second kappa shape index (κ2) is 5.84. The van der Waals surface area contributed by atoms with E-state index in [9.17, 15) is 0 Å². The molecule has 0 fully saturated rings. The van der Waals surface area contributed by atoms with E-state index in [4.69, 9.17) is 0 Å². The second-order valence-corrected chi connectivity index (χ2v) is 6.06. The molecule has 0 aliphatic carbocycles. The molecule has 0 N–H and O–H groups in total. The molecular formula is C12H9Br2NS. The van der Waals surface area contributed by atoms with E-state index in [1.807, 2.05) is 24.4 Å². The smallest absolute Gasteiger partial charge is 0.0963 e. The highest BCUT2D eigenvalue weighted by Crippen LogP contribution is 2.23. The maximum Gasteiger partial charge on any atom is 0.0963 e. The average Bonchev–Trinajstić information content (AvgIpc) is 2.28. The number of pyridine rings is 1. The number of thioether (sulfide) groups is 1. The first kappa shape index (κ1) is 12.1. The molecular weight excluding hydrogens is 350 g/mol. The Morgan fingerprint density at radius 1 is 1.06 bits per heavy atom. The van der Waals surface area contributed by atoms with Crippen LogP contribution in [0.5, 0.6) is 0 Å². The van der Waals surface area contributed by atoms with E-state index >= 15 is 0 Å². The van der Waals surface area contributed by atoms with Crippen LogP contribution in [0, 0.1) is 0 Å². The van der Waals surface area contributed by atoms with Gasteiger partial charge in [-0.05, 0) is 45.8 Å². The summed E-state index contributed by atoms with van der Waals surface area (Å²) in [5.41, 5.74) is 1.30. The van der Waals surface area contributed by atoms with Gasteiger partial charge in [0, 0.05) is 20.9 Å². The van der Waals surface area contributed by atoms with Gasteiger partial charge in [-0.2, -0.15) is 0 Å². The Hall–Kier alpha value is -0.320. The minimum Gasteiger partial charge on any atom is -0.249 e. The minimum atomic E-state index is 0.939. The summed E-state index contributed by atoms with van der Waals surface area (Å²) >= 11 is 8.58. The van der Waals surface area contributed by atoms with Crippen molar-refractivity contribution in [2.75, 3.05) is 0 Å². The molecule has 0 bridgehead atoms. The number of hydrogen-bond donors (Lipinski definition) is 0. The molecule has 0 atom stereocenters. The molecule has 16 heavy (non-hydrogen) atoms. The van der Waals surface area contributed by atoms with Crippen LogP contribution in [0.15, 0.2) is 56.6 Å². The fraction of sp³-hybridized carbons (Fsp3) is 0.0833. The molecule has 4 heteroatoms. The molecule has 1 nitrogen and oxygen atoms in total. The molecule has 0 amide bonds. The number of rotatable bonds is 3. The van der Waals surface area contributed by atoms with Crippen LogP contribution in [0.1, 0.15) is 5.56 Å². The quantitative estimate of drug-likeness (QED) is 0.724. The van der Waals surface area contributed by atoms with Crippen molar-refractivity contribution in [3.8, 4) is 0 Å². The predicted molar refractivity (Wildman–Crippen MR) is 75.6 cm³/mol. The normalized spacial score (nSPS) is 10.4. The van der Waals surface area contributed by atoms with Gasteiger partial charge < -0.3 is 0 Å². The van der Waals surface area contributed by atoms with Crippen molar-refractivity contribution >= 4 is 43.6 Å². The van der Waals surface area contributed by atoms with Crippen LogP contribution < -0.4 is 0 Å². The van der Waals surface area contributed by atoms with Gasteiger partial charge in [-0.15, -0.1) is 11.8 Å². The third kappa shape index (κ3) is 3.61. The van der Waals surface area contributed by atoms with Crippen molar-refractivity contribution in [2.45, 2.75) is 10.8 Å². The largest absolute Gasteiger partial charge is 0.249 e. The molecule has 0 aliphatic rings. The van der Waals surface area contributed by atoms with E-state index in [0.29, 0.717) is 0 Å². The summed E-state index contributed by atoms with van der Waals surface area (Å²) in [6, 6.07) is 12.4. The molecule has 0 radical (unpaired) electrons. The van der Waals surface area contributed by atoms with Gasteiger partial charge in [0.15, 0.2) is 0 Å². The summed E-state index contributed by atoms with van der Waals surface area (Å²) < 4.78 is 2.13. The first-order valence-corrected chi connectivity index (χ1v) is 7.30. The van der Waals surface area contributed by atoms with Crippen LogP contribution in [0.4, 0.5) is 0 Å². The SMILES string of the molecule is Brc1ccc(SCc2cccc(Br)c2)nc1. The van der Waals surface area contributed by atoms with Gasteiger partial charge in [0.1, 0.15) is 0 Å². The van der Waals surface area contributed by atoms with Crippen LogP contribution in [-0.2, 0) is 5.75 Å². The lowest BCUT2D eigenvalue weighted by Gasteiger charge is -2.02. The molecule has 2 aromatic rings. The number of aromatic nitrogens is 1. The van der Waals surface area contributed by atoms with E-state index < -0.39 is 0 Å². The van der Waals surface area contributed by atoms with E-state index in [1.54, 1.807) is 11.8 Å². The highest BCUT2D eigenvalue weighted by atomic mass is 79.9. The van der Waals surface area contributed by atoms with Gasteiger partial charge in [0.05, 0.1) is 5.03 Å². The van der Waals surface area contributed by atoms with Crippen molar-refractivity contribution < 1.29 is 0 Å². The van der Waals surface area contributed by atoms with Gasteiger partial charge >= 0.3 is 0 Å². The lowest BCUT2D eigenvalue weighted by atomic mass is 10.2. The first-order valence-electron chi connectivity index (χ1n) is 4.73. The molecule has 1 aromatic heterocycles. The summed E-state index contributed by atoms with van der Waals surface area (Å²) in [6.07, 6.45) is 1.82. The molecule has 0 spiro atoms. The van der Waals surface area contributed by atoms with Crippen molar-refractivity contribution in [3.63, 3.8) is 0 Å². The fourth-order valence-electron chi connectivity index (χ4n) is 1.23. The molecule has 0 unspecified atom stereocenters. The van der Waals surface area contributed by atoms with Crippen molar-refractivity contribution in [2.24, 2.45) is 0 Å². The molecule has 2 rings (SSSR count). The van der Waals surface area contributed by atoms with Gasteiger partial charge in [-0.25, -0.2) is 4.98 Å². The van der Waals surface area contributed by atoms with Crippen LogP contribution in [-0.4, -0.2) is 4.98 Å². The number of hydrogen-bond acceptors (Lipinski definition) is 2. The van der Waals surface area contributed by atoms with Crippen LogP contribution in [0.25, 0.3) is 0 Å². The summed E-state index contributed by atoms with van der Waals surface area (Å²) in [6.45, 7) is 0. The van der Waals surface area contributed by atoms with E-state index in [0.717, 1.165) is 19.7 Å². The Labute approximate surface area is 116 Å². The van der Waals surface area contributed by atoms with Gasteiger partial charge in [0.25, 0.3) is 0 Å². The lowest BCUT2D eigenvalue weighted by Crippen LogP contribution is -1.82. The maximum absolute atomic E-state index is 4.32. The van der Waals surface area contributed by atoms with E-state index in [1.165, 1.54) is 5.56 Å². The Kier molecular flexibility index (Phi) is 4.44. The minimum absolute atomic E-state index is 0.939. The Morgan fingerprint density at radius 2 is 1.94 bits per heavy atom. The highest BCUT2D eigenvalue weighted by Gasteiger charge is 1.98. The zero-order chi connectivity index (χ0) is 11.4. The van der Waals surface area contributed by atoms with Crippen LogP contribution in [0.2, 0.25) is 0 Å². The van der Waals surface area contributed by atoms with Gasteiger partial charge in [-0.3, -0.25) is 0 Å². The average molecular weight is 359 g/mol. The molecule has 0 saturated heterocycles. The van der Waals surface area contributed by atoms with E-state index in [2.05, 4.69) is 55.0 Å². The van der Waals surface area contributed by atoms with Crippen molar-refractivity contribution in [3.05, 3.63) is 57.1 Å². The molecule has 0 aliphatic heterocycles. The zero-order valence-corrected chi connectivity index (χ0v) is 12.3. The summed E-state index contributed by atoms with van der Waals surface area (Å²) in [7, 11) is 0. The van der Waals surface area contributed by atoms with Crippen LogP contribution >= 0.6 is 43.6 Å². The Morgan fingerprint density at radius 3 is 2.62 bits per heavy atom. The maximum atomic E-state index is 4.32. The molecule has 1 heterocycles. The van der Waals surface area contributed by atoms with Crippen LogP contribution in [0.3, 0.4) is 0 Å². The van der Waals surface area contributed by atoms with Crippen molar-refractivity contribution in [1.82, 2.24) is 4.98 Å². The molecule has 1 aromatic carbocycles. The summed E-state index contributed by atoms with van der Waals surface area (Å²) in [5.74, 6) is 0.939. The van der Waals surface area contributed by atoms with Crippen molar-refractivity contribution in [1.29, 1.82) is 0 Å². The molecule has 0 saturated carbocycles. The van der Waals surface area contributed by atoms with E-state index in [-0.39, 0.29) is 0 Å². The number of halogens is 2. The standard InChI is InChI=1S/C12H9Br2NS/c13-10-3-1-2-9(6-10)8-16-12-5-4-11(14)7-15-12/h1-7H,8H2. The zero-order valence-electron chi connectivity index (χ0n) is 8.36. The first-order chi connectivity index (χ1) is 7.74. The third-order valence-electron chi connectivity index (χ3n) is 1.98. The Bertz CT molecular complexity index is 471. The summed E-state index contributed by atoms with van der Waals surface area (Å²) in [5, 5.41) is 1.04. The second-order valence-electron chi connectivity index (χ2n) is 3.23. The predicted octanol–water partition coefficient (Wildman–Crippen LogP) is 4.90. The lowest BCUT2D eigenvalue weighted by molar-refractivity contribution is 1.12. The highest BCUT2D eigenvalue weighted by molar-refractivity contribution is 9.10. The van der Waals surface area contributed by atoms with Gasteiger partial charge in [-0.1, -0.05) is 28.1 Å². The van der Waals surface area contributed by atoms with Gasteiger partial charge in [0.2, 0.25) is 0 Å². The Balaban J connectivity index is 1.99. The topological polar surface area (TPSA) is 12.9 Å². The monoisotopic (exact) mass is 357 g/mol. The summed E-state index contributed by atoms with van der Waals surface area (Å²) in [4.78, 5) is 4.32. The number of benzene rings is 1.